The van der Waals surface area contributed by atoms with E-state index >= 15 is 0 Å². The van der Waals surface area contributed by atoms with Crippen LogP contribution in [0.25, 0.3) is 0 Å². The number of carbonyl (C=O) groups is 1. The monoisotopic (exact) mass is 372 g/mol. The van der Waals surface area contributed by atoms with Gasteiger partial charge in [0.2, 0.25) is 0 Å². The van der Waals surface area contributed by atoms with Crippen LogP contribution in [-0.2, 0) is 10.0 Å². The van der Waals surface area contributed by atoms with Crippen LogP contribution in [0.5, 0.6) is 0 Å². The van der Waals surface area contributed by atoms with E-state index in [2.05, 4.69) is 21.2 Å². The summed E-state index contributed by atoms with van der Waals surface area (Å²) in [5.41, 5.74) is 0. The molecule has 2 amide bonds. The van der Waals surface area contributed by atoms with Gasteiger partial charge in [0.15, 0.2) is 0 Å². The van der Waals surface area contributed by atoms with Crippen LogP contribution < -0.4 is 5.32 Å². The first-order valence-electron chi connectivity index (χ1n) is 4.79. The number of hydrogen-bond acceptors (Lipinski definition) is 3. The molecule has 1 heterocycles. The molecule has 9 heteroatoms. The first-order chi connectivity index (χ1) is 8.34. The summed E-state index contributed by atoms with van der Waals surface area (Å²) in [5.74, 6) is 0. The molecule has 1 aliphatic rings. The maximum absolute atomic E-state index is 12.3. The van der Waals surface area contributed by atoms with Crippen molar-refractivity contribution in [2.75, 3.05) is 13.1 Å². The molecule has 18 heavy (non-hydrogen) atoms. The summed E-state index contributed by atoms with van der Waals surface area (Å²) < 4.78 is 25.8. The van der Waals surface area contributed by atoms with E-state index in [9.17, 15) is 13.2 Å². The molecule has 1 aliphatic heterocycles. The molecule has 1 N–H and O–H groups in total. The number of urea groups is 1. The highest BCUT2D eigenvalue weighted by Crippen LogP contribution is 2.35. The molecule has 5 nitrogen and oxygen atoms in total. The van der Waals surface area contributed by atoms with Gasteiger partial charge in [-0.05, 0) is 12.1 Å². The quantitative estimate of drug-likeness (QED) is 0.865. The third-order valence-corrected chi connectivity index (χ3v) is 5.49. The number of carbonyl (C=O) groups excluding carboxylic acids is 1. The fourth-order valence-corrected chi connectivity index (χ4v) is 4.81. The van der Waals surface area contributed by atoms with E-state index in [-0.39, 0.29) is 28.0 Å². The first-order valence-corrected chi connectivity index (χ1v) is 7.78. The molecule has 0 radical (unpaired) electrons. The fraction of sp³-hybridized carbons (Fsp3) is 0.222. The molecule has 0 unspecified atom stereocenters. The molecule has 2 rings (SSSR count). The molecule has 1 aromatic carbocycles. The van der Waals surface area contributed by atoms with Crippen molar-refractivity contribution in [1.29, 1.82) is 0 Å². The predicted octanol–water partition coefficient (Wildman–Crippen LogP) is 2.47. The van der Waals surface area contributed by atoms with Crippen LogP contribution in [0.1, 0.15) is 0 Å². The number of benzene rings is 1. The van der Waals surface area contributed by atoms with E-state index < -0.39 is 16.1 Å². The van der Waals surface area contributed by atoms with Gasteiger partial charge in [0.05, 0.1) is 16.6 Å². The van der Waals surface area contributed by atoms with Gasteiger partial charge in [-0.15, -0.1) is 0 Å². The van der Waals surface area contributed by atoms with Crippen LogP contribution in [0.4, 0.5) is 4.79 Å². The SMILES string of the molecule is O=C1NCCN1S(=O)(=O)c1c(Cl)cc(Br)cc1Cl. The Morgan fingerprint density at radius 2 is 1.83 bits per heavy atom. The van der Waals surface area contributed by atoms with Crippen molar-refractivity contribution >= 4 is 55.2 Å². The summed E-state index contributed by atoms with van der Waals surface area (Å²) in [6, 6.07) is 2.15. The molecule has 0 spiro atoms. The van der Waals surface area contributed by atoms with Crippen LogP contribution in [0.3, 0.4) is 0 Å². The van der Waals surface area contributed by atoms with Crippen LogP contribution in [0.2, 0.25) is 10.0 Å². The zero-order valence-electron chi connectivity index (χ0n) is 8.78. The summed E-state index contributed by atoms with van der Waals surface area (Å²) in [6.07, 6.45) is 0. The Balaban J connectivity index is 2.58. The molecule has 0 saturated carbocycles. The highest BCUT2D eigenvalue weighted by atomic mass is 79.9. The van der Waals surface area contributed by atoms with Crippen molar-refractivity contribution in [2.24, 2.45) is 0 Å². The Morgan fingerprint density at radius 1 is 1.28 bits per heavy atom. The molecule has 98 valence electrons. The third kappa shape index (κ3) is 2.32. The molecule has 1 saturated heterocycles. The molecular formula is C9H7BrCl2N2O3S. The van der Waals surface area contributed by atoms with Gasteiger partial charge in [-0.1, -0.05) is 39.1 Å². The number of halogens is 3. The van der Waals surface area contributed by atoms with Crippen molar-refractivity contribution in [3.05, 3.63) is 26.7 Å². The Hall–Kier alpha value is -0.500. The second-order valence-corrected chi connectivity index (χ2v) is 7.04. The van der Waals surface area contributed by atoms with Crippen LogP contribution in [0.15, 0.2) is 21.5 Å². The van der Waals surface area contributed by atoms with E-state index in [1.54, 1.807) is 0 Å². The summed E-state index contributed by atoms with van der Waals surface area (Å²) in [7, 11) is -4.03. The molecule has 1 fully saturated rings. The summed E-state index contributed by atoms with van der Waals surface area (Å²) in [5, 5.41) is 2.34. The van der Waals surface area contributed by atoms with Crippen molar-refractivity contribution in [3.8, 4) is 0 Å². The van der Waals surface area contributed by atoms with Gasteiger partial charge in [-0.2, -0.15) is 0 Å². The number of hydrogen-bond donors (Lipinski definition) is 1. The predicted molar refractivity (Wildman–Crippen MR) is 71.5 cm³/mol. The van der Waals surface area contributed by atoms with E-state index in [1.165, 1.54) is 12.1 Å². The Morgan fingerprint density at radius 3 is 2.28 bits per heavy atom. The highest BCUT2D eigenvalue weighted by molar-refractivity contribution is 9.10. The van der Waals surface area contributed by atoms with Gasteiger partial charge in [-0.25, -0.2) is 17.5 Å². The van der Waals surface area contributed by atoms with Crippen LogP contribution in [-0.4, -0.2) is 31.8 Å². The van der Waals surface area contributed by atoms with Crippen LogP contribution >= 0.6 is 39.1 Å². The van der Waals surface area contributed by atoms with Gasteiger partial charge in [0.25, 0.3) is 10.0 Å². The second kappa shape index (κ2) is 4.88. The number of sulfonamides is 1. The number of nitrogens with one attached hydrogen (secondary N) is 1. The second-order valence-electron chi connectivity index (χ2n) is 3.51. The van der Waals surface area contributed by atoms with Crippen molar-refractivity contribution < 1.29 is 13.2 Å². The van der Waals surface area contributed by atoms with Crippen molar-refractivity contribution in [1.82, 2.24) is 9.62 Å². The number of nitrogens with zero attached hydrogens (tertiary/aromatic N) is 1. The van der Waals surface area contributed by atoms with E-state index in [0.717, 1.165) is 0 Å². The highest BCUT2D eigenvalue weighted by Gasteiger charge is 2.35. The van der Waals surface area contributed by atoms with Gasteiger partial charge in [-0.3, -0.25) is 0 Å². The van der Waals surface area contributed by atoms with Gasteiger partial charge in [0.1, 0.15) is 4.90 Å². The zero-order chi connectivity index (χ0) is 13.5. The Labute approximate surface area is 122 Å². The topological polar surface area (TPSA) is 66.5 Å². The average molecular weight is 374 g/mol. The van der Waals surface area contributed by atoms with Gasteiger partial charge >= 0.3 is 6.03 Å². The van der Waals surface area contributed by atoms with E-state index in [1.807, 2.05) is 0 Å². The number of rotatable bonds is 2. The first kappa shape index (κ1) is 13.9. The Kier molecular flexibility index (Phi) is 3.77. The Bertz CT molecular complexity index is 597. The lowest BCUT2D eigenvalue weighted by Crippen LogP contribution is -2.34. The number of amides is 2. The maximum atomic E-state index is 12.3. The molecule has 0 atom stereocenters. The summed E-state index contributed by atoms with van der Waals surface area (Å²) in [6.45, 7) is 0.327. The average Bonchev–Trinajstić information content (AvgIpc) is 2.62. The van der Waals surface area contributed by atoms with Crippen molar-refractivity contribution in [3.63, 3.8) is 0 Å². The van der Waals surface area contributed by atoms with Gasteiger partial charge in [0, 0.05) is 11.0 Å². The molecular weight excluding hydrogens is 367 g/mol. The largest absolute Gasteiger partial charge is 0.335 e. The lowest BCUT2D eigenvalue weighted by Gasteiger charge is -2.17. The minimum Gasteiger partial charge on any atom is -0.335 e. The third-order valence-electron chi connectivity index (χ3n) is 2.33. The summed E-state index contributed by atoms with van der Waals surface area (Å²) >= 11 is 14.9. The van der Waals surface area contributed by atoms with Crippen molar-refractivity contribution in [2.45, 2.75) is 4.90 Å². The minimum absolute atomic E-state index is 0.0333. The minimum atomic E-state index is -4.03. The van der Waals surface area contributed by atoms with Crippen LogP contribution in [0, 0.1) is 0 Å². The smallest absolute Gasteiger partial charge is 0.331 e. The molecule has 0 aliphatic carbocycles. The molecule has 0 bridgehead atoms. The molecule has 0 aromatic heterocycles. The van der Waals surface area contributed by atoms with E-state index in [0.29, 0.717) is 8.78 Å². The lowest BCUT2D eigenvalue weighted by atomic mass is 10.4. The van der Waals surface area contributed by atoms with Gasteiger partial charge < -0.3 is 5.32 Å². The normalized spacial score (nSPS) is 15.9. The summed E-state index contributed by atoms with van der Waals surface area (Å²) in [4.78, 5) is 11.2. The lowest BCUT2D eigenvalue weighted by molar-refractivity contribution is 0.236. The maximum Gasteiger partial charge on any atom is 0.331 e. The standard InChI is InChI=1S/C9H7BrCl2N2O3S/c10-5-3-6(11)8(7(12)4-5)18(16,17)14-2-1-13-9(14)15/h3-4H,1-2H2,(H,13,15). The molecule has 1 aromatic rings. The fourth-order valence-electron chi connectivity index (χ4n) is 1.57. The van der Waals surface area contributed by atoms with E-state index in [4.69, 9.17) is 23.2 Å². The zero-order valence-corrected chi connectivity index (χ0v) is 12.7.